The van der Waals surface area contributed by atoms with Gasteiger partial charge in [0.1, 0.15) is 23.3 Å². The number of piperazine rings is 1. The minimum atomic E-state index is -2.83. The lowest BCUT2D eigenvalue weighted by molar-refractivity contribution is -0.133. The highest BCUT2D eigenvalue weighted by Gasteiger charge is 2.29. The van der Waals surface area contributed by atoms with Gasteiger partial charge in [0.2, 0.25) is 11.9 Å². The van der Waals surface area contributed by atoms with Crippen LogP contribution in [-0.4, -0.2) is 101 Å². The fourth-order valence-corrected chi connectivity index (χ4v) is 5.00. The van der Waals surface area contributed by atoms with Gasteiger partial charge in [0.15, 0.2) is 5.82 Å². The number of carbonyl (C=O) groups is 2. The highest BCUT2D eigenvalue weighted by molar-refractivity contribution is 5.85. The highest BCUT2D eigenvalue weighted by atomic mass is 19.3. The Bertz CT molecular complexity index is 1430. The van der Waals surface area contributed by atoms with Gasteiger partial charge in [0.25, 0.3) is 6.43 Å². The molecule has 2 saturated heterocycles. The predicted octanol–water partition coefficient (Wildman–Crippen LogP) is 3.15. The Labute approximate surface area is 242 Å². The molecular weight excluding hydrogens is 550 g/mol. The number of fused-ring (bicyclic) bond motifs is 1. The molecule has 2 amide bonds. The number of amides is 2. The van der Waals surface area contributed by atoms with E-state index >= 15 is 0 Å². The Morgan fingerprint density at radius 2 is 1.57 bits per heavy atom. The molecule has 0 saturated carbocycles. The zero-order chi connectivity index (χ0) is 30.0. The number of aromatic nitrogens is 4. The van der Waals surface area contributed by atoms with E-state index < -0.39 is 30.0 Å². The molecule has 14 heteroatoms. The molecule has 1 N–H and O–H groups in total. The molecule has 0 radical (unpaired) electrons. The number of alkyl carbamates (subject to hydrolysis) is 1. The second-order valence-electron chi connectivity index (χ2n) is 11.3. The van der Waals surface area contributed by atoms with Crippen molar-refractivity contribution >= 4 is 34.7 Å². The van der Waals surface area contributed by atoms with Gasteiger partial charge in [-0.15, -0.1) is 0 Å². The molecule has 42 heavy (non-hydrogen) atoms. The van der Waals surface area contributed by atoms with Crippen molar-refractivity contribution in [3.63, 3.8) is 0 Å². The van der Waals surface area contributed by atoms with Crippen LogP contribution >= 0.6 is 0 Å². The standard InChI is InChI=1S/C28H36F2N8O4/c1-18(31-27(40)42-28(2,3)4)25(39)37-11-9-35(10-12-37)21-17-22(36-13-15-41-16-14-36)34-26(33-21)38-20-8-6-5-7-19(20)32-24(38)23(29)30/h5-8,17-18,23H,9-16H2,1-4H3,(H,31,40)/t18-/m0/s1. The van der Waals surface area contributed by atoms with Gasteiger partial charge in [-0.1, -0.05) is 12.1 Å². The van der Waals surface area contributed by atoms with E-state index in [4.69, 9.17) is 19.4 Å². The SMILES string of the molecule is C[C@H](NC(=O)OC(C)(C)C)C(=O)N1CCN(c2cc(N3CCOCC3)nc(-n3c(C(F)F)nc4ccccc43)n2)CC1. The summed E-state index contributed by atoms with van der Waals surface area (Å²) in [4.78, 5) is 44.5. The third-order valence-electron chi connectivity index (χ3n) is 7.02. The molecule has 4 heterocycles. The van der Waals surface area contributed by atoms with Crippen LogP contribution in [0, 0.1) is 0 Å². The molecule has 0 aliphatic carbocycles. The molecule has 0 unspecified atom stereocenters. The van der Waals surface area contributed by atoms with Crippen LogP contribution in [0.3, 0.4) is 0 Å². The lowest BCUT2D eigenvalue weighted by Crippen LogP contribution is -2.54. The number of imidazole rings is 1. The number of halogens is 2. The van der Waals surface area contributed by atoms with Crippen LogP contribution in [0.1, 0.15) is 39.9 Å². The van der Waals surface area contributed by atoms with Gasteiger partial charge in [-0.25, -0.2) is 18.6 Å². The van der Waals surface area contributed by atoms with Gasteiger partial charge in [-0.05, 0) is 39.8 Å². The van der Waals surface area contributed by atoms with Crippen LogP contribution in [-0.2, 0) is 14.3 Å². The summed E-state index contributed by atoms with van der Waals surface area (Å²) in [6.07, 6.45) is -3.48. The first kappa shape index (κ1) is 29.4. The van der Waals surface area contributed by atoms with Crippen molar-refractivity contribution in [2.24, 2.45) is 0 Å². The summed E-state index contributed by atoms with van der Waals surface area (Å²) in [5.41, 5.74) is 0.240. The maximum atomic E-state index is 14.2. The zero-order valence-electron chi connectivity index (χ0n) is 24.2. The number of nitrogens with one attached hydrogen (secondary N) is 1. The summed E-state index contributed by atoms with van der Waals surface area (Å²) < 4.78 is 40.4. The molecule has 1 aromatic carbocycles. The van der Waals surface area contributed by atoms with Gasteiger partial charge in [-0.3, -0.25) is 9.36 Å². The van der Waals surface area contributed by atoms with Crippen molar-refractivity contribution in [1.82, 2.24) is 29.7 Å². The number of rotatable bonds is 6. The first-order valence-electron chi connectivity index (χ1n) is 14.0. The minimum absolute atomic E-state index is 0.103. The van der Waals surface area contributed by atoms with Crippen molar-refractivity contribution < 1.29 is 27.8 Å². The topological polar surface area (TPSA) is 118 Å². The third-order valence-corrected chi connectivity index (χ3v) is 7.02. The van der Waals surface area contributed by atoms with Crippen molar-refractivity contribution in [2.75, 3.05) is 62.3 Å². The Balaban J connectivity index is 1.39. The number of para-hydroxylation sites is 2. The van der Waals surface area contributed by atoms with Crippen molar-refractivity contribution in [1.29, 1.82) is 0 Å². The largest absolute Gasteiger partial charge is 0.444 e. The Kier molecular flexibility index (Phi) is 8.43. The molecule has 3 aromatic rings. The zero-order valence-corrected chi connectivity index (χ0v) is 24.2. The highest BCUT2D eigenvalue weighted by Crippen LogP contribution is 2.29. The summed E-state index contributed by atoms with van der Waals surface area (Å²) in [6, 6.07) is 8.00. The van der Waals surface area contributed by atoms with E-state index in [1.807, 2.05) is 15.9 Å². The van der Waals surface area contributed by atoms with E-state index in [9.17, 15) is 18.4 Å². The van der Waals surface area contributed by atoms with E-state index in [1.54, 1.807) is 56.9 Å². The molecule has 0 spiro atoms. The number of ether oxygens (including phenoxy) is 2. The molecule has 2 fully saturated rings. The minimum Gasteiger partial charge on any atom is -0.444 e. The molecule has 5 rings (SSSR count). The van der Waals surface area contributed by atoms with Crippen LogP contribution in [0.2, 0.25) is 0 Å². The Morgan fingerprint density at radius 3 is 2.19 bits per heavy atom. The molecule has 2 aromatic heterocycles. The average molecular weight is 587 g/mol. The number of hydrogen-bond donors (Lipinski definition) is 1. The molecule has 226 valence electrons. The second kappa shape index (κ2) is 12.0. The number of benzene rings is 1. The average Bonchev–Trinajstić information content (AvgIpc) is 3.36. The van der Waals surface area contributed by atoms with Crippen LogP contribution in [0.5, 0.6) is 0 Å². The van der Waals surface area contributed by atoms with Crippen LogP contribution in [0.4, 0.5) is 25.2 Å². The number of hydrogen-bond acceptors (Lipinski definition) is 9. The quantitative estimate of drug-likeness (QED) is 0.465. The van der Waals surface area contributed by atoms with Gasteiger partial charge < -0.3 is 29.5 Å². The summed E-state index contributed by atoms with van der Waals surface area (Å²) >= 11 is 0. The van der Waals surface area contributed by atoms with Gasteiger partial charge in [0.05, 0.1) is 24.2 Å². The number of carbonyl (C=O) groups excluding carboxylic acids is 2. The molecular formula is C28H36F2N8O4. The predicted molar refractivity (Wildman–Crippen MR) is 152 cm³/mol. The van der Waals surface area contributed by atoms with Gasteiger partial charge in [-0.2, -0.15) is 9.97 Å². The number of anilines is 2. The number of morpholine rings is 1. The normalized spacial score (nSPS) is 17.1. The van der Waals surface area contributed by atoms with Crippen molar-refractivity contribution in [3.05, 3.63) is 36.2 Å². The summed E-state index contributed by atoms with van der Waals surface area (Å²) in [6.45, 7) is 10.8. The first-order chi connectivity index (χ1) is 20.0. The number of nitrogens with zero attached hydrogens (tertiary/aromatic N) is 7. The monoisotopic (exact) mass is 586 g/mol. The molecule has 2 aliphatic rings. The van der Waals surface area contributed by atoms with E-state index in [0.717, 1.165) is 0 Å². The van der Waals surface area contributed by atoms with Gasteiger partial charge in [0, 0.05) is 45.3 Å². The summed E-state index contributed by atoms with van der Waals surface area (Å²) in [5.74, 6) is 0.621. The molecule has 1 atom stereocenters. The fraction of sp³-hybridized carbons (Fsp3) is 0.536. The third kappa shape index (κ3) is 6.53. The summed E-state index contributed by atoms with van der Waals surface area (Å²) in [5, 5.41) is 2.60. The first-order valence-corrected chi connectivity index (χ1v) is 14.0. The van der Waals surface area contributed by atoms with Crippen LogP contribution in [0.15, 0.2) is 30.3 Å². The summed E-state index contributed by atoms with van der Waals surface area (Å²) in [7, 11) is 0. The van der Waals surface area contributed by atoms with E-state index in [1.165, 1.54) is 4.57 Å². The van der Waals surface area contributed by atoms with Gasteiger partial charge >= 0.3 is 6.09 Å². The lowest BCUT2D eigenvalue weighted by Gasteiger charge is -2.37. The van der Waals surface area contributed by atoms with E-state index in [2.05, 4.69) is 10.3 Å². The second-order valence-corrected chi connectivity index (χ2v) is 11.3. The smallest absolute Gasteiger partial charge is 0.408 e. The fourth-order valence-electron chi connectivity index (χ4n) is 5.00. The molecule has 12 nitrogen and oxygen atoms in total. The maximum absolute atomic E-state index is 14.2. The van der Waals surface area contributed by atoms with Crippen LogP contribution in [0.25, 0.3) is 17.0 Å². The van der Waals surface area contributed by atoms with E-state index in [0.29, 0.717) is 75.2 Å². The van der Waals surface area contributed by atoms with Crippen molar-refractivity contribution in [3.8, 4) is 5.95 Å². The Morgan fingerprint density at radius 1 is 0.952 bits per heavy atom. The number of alkyl halides is 2. The Hall–Kier alpha value is -4.07. The maximum Gasteiger partial charge on any atom is 0.408 e. The molecule has 2 aliphatic heterocycles. The van der Waals surface area contributed by atoms with Crippen molar-refractivity contribution in [2.45, 2.75) is 45.8 Å². The lowest BCUT2D eigenvalue weighted by atomic mass is 10.2. The van der Waals surface area contributed by atoms with Crippen LogP contribution < -0.4 is 15.1 Å². The molecule has 0 bridgehead atoms. The van der Waals surface area contributed by atoms with E-state index in [-0.39, 0.29) is 11.9 Å².